The van der Waals surface area contributed by atoms with Crippen LogP contribution in [0.4, 0.5) is 5.69 Å². The second kappa shape index (κ2) is 7.81. The number of nitrogens with zero attached hydrogens (tertiary/aromatic N) is 3. The summed E-state index contributed by atoms with van der Waals surface area (Å²) in [5.74, 6) is 0.0228. The van der Waals surface area contributed by atoms with Gasteiger partial charge in [0.25, 0.3) is 0 Å². The Bertz CT molecular complexity index is 731. The first-order valence-electron chi connectivity index (χ1n) is 10.1. The number of amides is 3. The maximum Gasteiger partial charge on any atom is 0.242 e. The number of hydrogen-bond donors (Lipinski definition) is 0. The first-order chi connectivity index (χ1) is 13.6. The second-order valence-electron chi connectivity index (χ2n) is 7.83. The fourth-order valence-corrected chi connectivity index (χ4v) is 4.63. The fourth-order valence-electron chi connectivity index (χ4n) is 4.63. The van der Waals surface area contributed by atoms with Crippen molar-refractivity contribution in [1.29, 1.82) is 0 Å². The molecule has 0 spiro atoms. The van der Waals surface area contributed by atoms with Gasteiger partial charge in [-0.25, -0.2) is 0 Å². The average molecular weight is 385 g/mol. The summed E-state index contributed by atoms with van der Waals surface area (Å²) in [7, 11) is 1.64. The van der Waals surface area contributed by atoms with E-state index in [1.54, 1.807) is 12.0 Å². The highest BCUT2D eigenvalue weighted by Gasteiger charge is 2.48. The molecule has 2 aliphatic heterocycles. The number of likely N-dealkylation sites (tertiary alicyclic amines) is 1. The average Bonchev–Trinajstić information content (AvgIpc) is 2.99. The molecule has 2 atom stereocenters. The third-order valence-corrected chi connectivity index (χ3v) is 6.30. The van der Waals surface area contributed by atoms with Crippen molar-refractivity contribution >= 4 is 23.4 Å². The van der Waals surface area contributed by atoms with Gasteiger partial charge in [0, 0.05) is 31.9 Å². The molecular formula is C21H27N3O4. The topological polar surface area (TPSA) is 70.2 Å². The summed E-state index contributed by atoms with van der Waals surface area (Å²) in [6.45, 7) is 2.53. The smallest absolute Gasteiger partial charge is 0.242 e. The zero-order valence-electron chi connectivity index (χ0n) is 16.3. The van der Waals surface area contributed by atoms with Crippen LogP contribution >= 0.6 is 0 Å². The Morgan fingerprint density at radius 2 is 1.54 bits per heavy atom. The number of imide groups is 1. The summed E-state index contributed by atoms with van der Waals surface area (Å²) >= 11 is 0. The second-order valence-corrected chi connectivity index (χ2v) is 7.83. The molecule has 3 amide bonds. The van der Waals surface area contributed by atoms with E-state index >= 15 is 0 Å². The van der Waals surface area contributed by atoms with Crippen LogP contribution in [0.25, 0.3) is 0 Å². The van der Waals surface area contributed by atoms with E-state index in [1.807, 2.05) is 24.3 Å². The Morgan fingerprint density at radius 3 is 2.07 bits per heavy atom. The van der Waals surface area contributed by atoms with Gasteiger partial charge >= 0.3 is 0 Å². The highest BCUT2D eigenvalue weighted by atomic mass is 16.5. The zero-order valence-corrected chi connectivity index (χ0v) is 16.3. The van der Waals surface area contributed by atoms with Crippen molar-refractivity contribution in [2.45, 2.75) is 25.7 Å². The van der Waals surface area contributed by atoms with Crippen molar-refractivity contribution in [3.63, 3.8) is 0 Å². The molecule has 1 aliphatic carbocycles. The van der Waals surface area contributed by atoms with Gasteiger partial charge < -0.3 is 14.5 Å². The van der Waals surface area contributed by atoms with Crippen LogP contribution in [-0.4, -0.2) is 67.4 Å². The van der Waals surface area contributed by atoms with Crippen molar-refractivity contribution in [3.05, 3.63) is 24.3 Å². The predicted octanol–water partition coefficient (Wildman–Crippen LogP) is 1.52. The molecule has 7 nitrogen and oxygen atoms in total. The third-order valence-electron chi connectivity index (χ3n) is 6.30. The lowest BCUT2D eigenvalue weighted by atomic mass is 9.81. The van der Waals surface area contributed by atoms with Gasteiger partial charge in [0.05, 0.1) is 18.9 Å². The number of methoxy groups -OCH3 is 1. The molecule has 28 heavy (non-hydrogen) atoms. The van der Waals surface area contributed by atoms with Crippen LogP contribution < -0.4 is 9.64 Å². The number of carbonyl (C=O) groups is 3. The van der Waals surface area contributed by atoms with E-state index in [1.165, 1.54) is 4.90 Å². The molecule has 0 unspecified atom stereocenters. The number of piperazine rings is 1. The lowest BCUT2D eigenvalue weighted by molar-refractivity contribution is -0.146. The molecule has 0 aromatic heterocycles. The van der Waals surface area contributed by atoms with Gasteiger partial charge in [-0.15, -0.1) is 0 Å². The molecule has 150 valence electrons. The quantitative estimate of drug-likeness (QED) is 0.735. The summed E-state index contributed by atoms with van der Waals surface area (Å²) in [5, 5.41) is 0. The third kappa shape index (κ3) is 3.45. The van der Waals surface area contributed by atoms with Gasteiger partial charge in [-0.2, -0.15) is 0 Å². The lowest BCUT2D eigenvalue weighted by Gasteiger charge is -2.36. The number of fused-ring (bicyclic) bond motifs is 1. The predicted molar refractivity (Wildman–Crippen MR) is 104 cm³/mol. The fraction of sp³-hybridized carbons (Fsp3) is 0.571. The molecule has 4 rings (SSSR count). The summed E-state index contributed by atoms with van der Waals surface area (Å²) in [6.07, 6.45) is 3.55. The van der Waals surface area contributed by atoms with E-state index in [0.29, 0.717) is 13.1 Å². The first kappa shape index (κ1) is 18.8. The number of hydrogen-bond acceptors (Lipinski definition) is 5. The molecule has 1 aromatic rings. The monoisotopic (exact) mass is 385 g/mol. The van der Waals surface area contributed by atoms with Crippen molar-refractivity contribution in [2.75, 3.05) is 44.7 Å². The number of carbonyl (C=O) groups excluding carboxylic acids is 3. The van der Waals surface area contributed by atoms with Crippen LogP contribution in [0.15, 0.2) is 24.3 Å². The Hall–Kier alpha value is -2.57. The minimum absolute atomic E-state index is 0.104. The number of benzene rings is 1. The minimum atomic E-state index is -0.194. The normalized spacial score (nSPS) is 25.1. The number of anilines is 1. The van der Waals surface area contributed by atoms with E-state index in [4.69, 9.17) is 4.74 Å². The summed E-state index contributed by atoms with van der Waals surface area (Å²) in [5.41, 5.74) is 1.10. The van der Waals surface area contributed by atoms with Crippen LogP contribution in [0.3, 0.4) is 0 Å². The number of rotatable bonds is 4. The van der Waals surface area contributed by atoms with Crippen molar-refractivity contribution in [2.24, 2.45) is 11.8 Å². The van der Waals surface area contributed by atoms with E-state index in [9.17, 15) is 14.4 Å². The maximum absolute atomic E-state index is 12.7. The first-order valence-corrected chi connectivity index (χ1v) is 10.1. The van der Waals surface area contributed by atoms with Crippen LogP contribution in [0.1, 0.15) is 25.7 Å². The zero-order chi connectivity index (χ0) is 19.7. The van der Waals surface area contributed by atoms with Crippen LogP contribution in [0, 0.1) is 11.8 Å². The van der Waals surface area contributed by atoms with Crippen LogP contribution in [-0.2, 0) is 14.4 Å². The molecule has 1 saturated carbocycles. The van der Waals surface area contributed by atoms with Crippen molar-refractivity contribution < 1.29 is 19.1 Å². The van der Waals surface area contributed by atoms with Gasteiger partial charge in [0.15, 0.2) is 0 Å². The largest absolute Gasteiger partial charge is 0.497 e. The standard InChI is InChI=1S/C21H27N3O4/c1-28-16-8-6-15(7-9-16)22-10-12-23(13-11-22)19(25)14-24-20(26)17-4-2-3-5-18(17)21(24)27/h6-9,17-18H,2-5,10-14H2,1H3/t17-,18+. The minimum Gasteiger partial charge on any atom is -0.497 e. The molecule has 0 bridgehead atoms. The van der Waals surface area contributed by atoms with Gasteiger partial charge in [0.2, 0.25) is 17.7 Å². The van der Waals surface area contributed by atoms with Gasteiger partial charge in [-0.05, 0) is 37.1 Å². The van der Waals surface area contributed by atoms with Gasteiger partial charge in [0.1, 0.15) is 12.3 Å². The molecule has 2 saturated heterocycles. The molecule has 1 aromatic carbocycles. The molecule has 0 radical (unpaired) electrons. The SMILES string of the molecule is COc1ccc(N2CCN(C(=O)CN3C(=O)[C@H]4CCCC[C@H]4C3=O)CC2)cc1. The van der Waals surface area contributed by atoms with E-state index in [0.717, 1.165) is 50.2 Å². The summed E-state index contributed by atoms with van der Waals surface area (Å²) < 4.78 is 5.19. The molecule has 3 fully saturated rings. The van der Waals surface area contributed by atoms with E-state index in [-0.39, 0.29) is 36.1 Å². The van der Waals surface area contributed by atoms with Crippen LogP contribution in [0.5, 0.6) is 5.75 Å². The Labute approximate surface area is 165 Å². The van der Waals surface area contributed by atoms with Gasteiger partial charge in [-0.1, -0.05) is 12.8 Å². The Kier molecular flexibility index (Phi) is 5.24. The summed E-state index contributed by atoms with van der Waals surface area (Å²) in [4.78, 5) is 43.1. The molecule has 0 N–H and O–H groups in total. The van der Waals surface area contributed by atoms with Crippen molar-refractivity contribution in [3.8, 4) is 5.75 Å². The summed E-state index contributed by atoms with van der Waals surface area (Å²) in [6, 6.07) is 7.88. The Morgan fingerprint density at radius 1 is 0.964 bits per heavy atom. The lowest BCUT2D eigenvalue weighted by Crippen LogP contribution is -2.52. The van der Waals surface area contributed by atoms with Crippen molar-refractivity contribution in [1.82, 2.24) is 9.80 Å². The van der Waals surface area contributed by atoms with Gasteiger partial charge in [-0.3, -0.25) is 19.3 Å². The highest BCUT2D eigenvalue weighted by Crippen LogP contribution is 2.37. The highest BCUT2D eigenvalue weighted by molar-refractivity contribution is 6.07. The maximum atomic E-state index is 12.7. The number of ether oxygens (including phenoxy) is 1. The molecular weight excluding hydrogens is 358 g/mol. The van der Waals surface area contributed by atoms with Crippen LogP contribution in [0.2, 0.25) is 0 Å². The molecule has 7 heteroatoms. The van der Waals surface area contributed by atoms with E-state index < -0.39 is 0 Å². The molecule has 3 aliphatic rings. The molecule has 2 heterocycles. The van der Waals surface area contributed by atoms with E-state index in [2.05, 4.69) is 4.90 Å². The Balaban J connectivity index is 1.32.